The van der Waals surface area contributed by atoms with E-state index in [0.717, 1.165) is 38.5 Å². The van der Waals surface area contributed by atoms with Gasteiger partial charge in [0, 0.05) is 37.8 Å². The van der Waals surface area contributed by atoms with Crippen LogP contribution in [-0.4, -0.2) is 62.9 Å². The number of sulfonamides is 1. The van der Waals surface area contributed by atoms with Crippen molar-refractivity contribution in [3.63, 3.8) is 0 Å². The molecule has 1 saturated carbocycles. The zero-order valence-corrected chi connectivity index (χ0v) is 18.6. The van der Waals surface area contributed by atoms with Crippen molar-refractivity contribution in [2.24, 2.45) is 5.92 Å². The molecule has 3 rings (SSSR count). The molecule has 1 saturated heterocycles. The minimum Gasteiger partial charge on any atom is -0.337 e. The van der Waals surface area contributed by atoms with Gasteiger partial charge in [0.25, 0.3) is 5.91 Å². The van der Waals surface area contributed by atoms with Gasteiger partial charge in [-0.2, -0.15) is 0 Å². The van der Waals surface area contributed by atoms with Crippen LogP contribution in [0.4, 0.5) is 0 Å². The summed E-state index contributed by atoms with van der Waals surface area (Å²) >= 11 is 0. The zero-order valence-electron chi connectivity index (χ0n) is 17.8. The highest BCUT2D eigenvalue weighted by molar-refractivity contribution is 7.89. The molecule has 0 bridgehead atoms. The van der Waals surface area contributed by atoms with E-state index in [1.54, 1.807) is 26.0 Å². The molecule has 0 spiro atoms. The van der Waals surface area contributed by atoms with Crippen LogP contribution in [0, 0.1) is 5.92 Å². The number of amides is 1. The molecule has 1 aliphatic carbocycles. The molecule has 6 nitrogen and oxygen atoms in total. The topological polar surface area (TPSA) is 69.7 Å². The van der Waals surface area contributed by atoms with Crippen molar-refractivity contribution >= 4 is 15.9 Å². The Morgan fingerprint density at radius 3 is 2.55 bits per heavy atom. The zero-order chi connectivity index (χ0) is 20.9. The maximum atomic E-state index is 13.0. The second kappa shape index (κ2) is 10.0. The fourth-order valence-electron chi connectivity index (χ4n) is 4.45. The highest BCUT2D eigenvalue weighted by atomic mass is 32.2. The summed E-state index contributed by atoms with van der Waals surface area (Å²) in [6.07, 6.45) is 7.73. The van der Waals surface area contributed by atoms with Crippen molar-refractivity contribution in [1.82, 2.24) is 14.5 Å². The Kier molecular flexibility index (Phi) is 7.71. The quantitative estimate of drug-likeness (QED) is 0.766. The molecular formula is C22H35N3O3S. The van der Waals surface area contributed by atoms with Crippen LogP contribution in [0.5, 0.6) is 0 Å². The van der Waals surface area contributed by atoms with Gasteiger partial charge in [-0.15, -0.1) is 0 Å². The van der Waals surface area contributed by atoms with Crippen molar-refractivity contribution in [3.05, 3.63) is 29.8 Å². The van der Waals surface area contributed by atoms with Gasteiger partial charge in [0.1, 0.15) is 0 Å². The first-order valence-corrected chi connectivity index (χ1v) is 12.5. The Labute approximate surface area is 175 Å². The predicted molar refractivity (Wildman–Crippen MR) is 115 cm³/mol. The summed E-state index contributed by atoms with van der Waals surface area (Å²) in [5, 5.41) is 0. The van der Waals surface area contributed by atoms with E-state index in [1.165, 1.54) is 44.2 Å². The lowest BCUT2D eigenvalue weighted by Gasteiger charge is -2.28. The molecule has 0 radical (unpaired) electrons. The molecule has 2 fully saturated rings. The van der Waals surface area contributed by atoms with E-state index in [2.05, 4.69) is 9.62 Å². The molecule has 1 heterocycles. The second-order valence-corrected chi connectivity index (χ2v) is 10.5. The first kappa shape index (κ1) is 22.2. The number of hydrogen-bond acceptors (Lipinski definition) is 4. The van der Waals surface area contributed by atoms with Gasteiger partial charge in [0.2, 0.25) is 10.0 Å². The van der Waals surface area contributed by atoms with Crippen LogP contribution in [-0.2, 0) is 10.0 Å². The molecule has 29 heavy (non-hydrogen) atoms. The van der Waals surface area contributed by atoms with Gasteiger partial charge < -0.3 is 9.80 Å². The first-order valence-electron chi connectivity index (χ1n) is 11.0. The number of nitrogens with one attached hydrogen (secondary N) is 1. The lowest BCUT2D eigenvalue weighted by Crippen LogP contribution is -2.37. The van der Waals surface area contributed by atoms with E-state index in [9.17, 15) is 13.2 Å². The lowest BCUT2D eigenvalue weighted by atomic mass is 9.89. The number of hydrogen-bond donors (Lipinski definition) is 1. The fourth-order valence-corrected chi connectivity index (χ4v) is 5.75. The van der Waals surface area contributed by atoms with E-state index in [1.807, 2.05) is 4.90 Å². The van der Waals surface area contributed by atoms with Gasteiger partial charge in [-0.05, 0) is 63.8 Å². The number of carbonyl (C=O) groups excluding carboxylic acids is 1. The Balaban J connectivity index is 1.62. The van der Waals surface area contributed by atoms with Crippen molar-refractivity contribution in [2.75, 3.05) is 32.7 Å². The first-order chi connectivity index (χ1) is 13.8. The standard InChI is InChI=1S/C22H35N3O3S/c1-18(2)23-29(27,28)21-11-6-10-20(16-21)22(26)25-13-7-12-24(14-15-25)17-19-8-4-3-5-9-19/h6,10-11,16,18-19,23H,3-5,7-9,12-15,17H2,1-2H3. The average molecular weight is 422 g/mol. The number of nitrogens with zero attached hydrogens (tertiary/aromatic N) is 2. The Bertz CT molecular complexity index is 788. The molecule has 0 unspecified atom stereocenters. The molecule has 1 aliphatic heterocycles. The van der Waals surface area contributed by atoms with Crippen molar-refractivity contribution in [3.8, 4) is 0 Å². The van der Waals surface area contributed by atoms with Crippen LogP contribution in [0.3, 0.4) is 0 Å². The summed E-state index contributed by atoms with van der Waals surface area (Å²) in [4.78, 5) is 17.6. The predicted octanol–water partition coefficient (Wildman–Crippen LogP) is 3.10. The third kappa shape index (κ3) is 6.27. The van der Waals surface area contributed by atoms with Crippen LogP contribution in [0.2, 0.25) is 0 Å². The van der Waals surface area contributed by atoms with E-state index in [4.69, 9.17) is 0 Å². The van der Waals surface area contributed by atoms with Crippen LogP contribution in [0.15, 0.2) is 29.2 Å². The molecule has 0 atom stereocenters. The fraction of sp³-hybridized carbons (Fsp3) is 0.682. The minimum atomic E-state index is -3.61. The Morgan fingerprint density at radius 1 is 1.07 bits per heavy atom. The largest absolute Gasteiger partial charge is 0.337 e. The molecule has 1 aromatic carbocycles. The molecule has 1 N–H and O–H groups in total. The lowest BCUT2D eigenvalue weighted by molar-refractivity contribution is 0.0759. The maximum Gasteiger partial charge on any atom is 0.253 e. The van der Waals surface area contributed by atoms with Gasteiger partial charge in [0.05, 0.1) is 4.90 Å². The van der Waals surface area contributed by atoms with Gasteiger partial charge in [-0.1, -0.05) is 25.3 Å². The summed E-state index contributed by atoms with van der Waals surface area (Å²) in [6, 6.07) is 6.20. The summed E-state index contributed by atoms with van der Waals surface area (Å²) in [7, 11) is -3.61. The molecule has 2 aliphatic rings. The maximum absolute atomic E-state index is 13.0. The number of rotatable bonds is 6. The summed E-state index contributed by atoms with van der Waals surface area (Å²) in [5.74, 6) is 0.729. The van der Waals surface area contributed by atoms with E-state index in [-0.39, 0.29) is 16.8 Å². The van der Waals surface area contributed by atoms with Crippen LogP contribution in [0.1, 0.15) is 62.7 Å². The Morgan fingerprint density at radius 2 is 1.83 bits per heavy atom. The van der Waals surface area contributed by atoms with Crippen molar-refractivity contribution in [1.29, 1.82) is 0 Å². The minimum absolute atomic E-state index is 0.0777. The van der Waals surface area contributed by atoms with E-state index in [0.29, 0.717) is 12.1 Å². The van der Waals surface area contributed by atoms with Gasteiger partial charge in [-0.3, -0.25) is 4.79 Å². The molecule has 7 heteroatoms. The van der Waals surface area contributed by atoms with Crippen LogP contribution in [0.25, 0.3) is 0 Å². The molecule has 162 valence electrons. The van der Waals surface area contributed by atoms with E-state index >= 15 is 0 Å². The number of benzene rings is 1. The third-order valence-corrected chi connectivity index (χ3v) is 7.56. The molecular weight excluding hydrogens is 386 g/mol. The highest BCUT2D eigenvalue weighted by Crippen LogP contribution is 2.25. The van der Waals surface area contributed by atoms with E-state index < -0.39 is 10.0 Å². The monoisotopic (exact) mass is 421 g/mol. The second-order valence-electron chi connectivity index (χ2n) is 8.75. The van der Waals surface area contributed by atoms with Crippen molar-refractivity contribution < 1.29 is 13.2 Å². The van der Waals surface area contributed by atoms with Crippen LogP contribution >= 0.6 is 0 Å². The third-order valence-electron chi connectivity index (χ3n) is 5.90. The average Bonchev–Trinajstić information content (AvgIpc) is 2.93. The van der Waals surface area contributed by atoms with Crippen LogP contribution < -0.4 is 4.72 Å². The molecule has 1 aromatic rings. The Hall–Kier alpha value is -1.44. The number of carbonyl (C=O) groups is 1. The molecule has 0 aromatic heterocycles. The van der Waals surface area contributed by atoms with Gasteiger partial charge in [-0.25, -0.2) is 13.1 Å². The van der Waals surface area contributed by atoms with Gasteiger partial charge in [0.15, 0.2) is 0 Å². The summed E-state index contributed by atoms with van der Waals surface area (Å²) in [5.41, 5.74) is 0.442. The highest BCUT2D eigenvalue weighted by Gasteiger charge is 2.24. The smallest absolute Gasteiger partial charge is 0.253 e. The normalized spacial score (nSPS) is 20.0. The molecule has 1 amide bonds. The SMILES string of the molecule is CC(C)NS(=O)(=O)c1cccc(C(=O)N2CCCN(CC3CCCCC3)CC2)c1. The van der Waals surface area contributed by atoms with Gasteiger partial charge >= 0.3 is 0 Å². The summed E-state index contributed by atoms with van der Waals surface area (Å²) in [6.45, 7) is 8.07. The summed E-state index contributed by atoms with van der Waals surface area (Å²) < 4.78 is 27.5. The van der Waals surface area contributed by atoms with Crippen molar-refractivity contribution in [2.45, 2.75) is 63.3 Å².